The number of sulfonamides is 1. The normalized spacial score (nSPS) is 18.0. The van der Waals surface area contributed by atoms with Crippen LogP contribution in [0.15, 0.2) is 40.1 Å². The summed E-state index contributed by atoms with van der Waals surface area (Å²) >= 11 is 1.16. The minimum absolute atomic E-state index is 0.0318. The lowest BCUT2D eigenvalue weighted by Crippen LogP contribution is -2.45. The molecule has 1 amide bonds. The van der Waals surface area contributed by atoms with Gasteiger partial charge in [-0.25, -0.2) is 13.4 Å². The van der Waals surface area contributed by atoms with Crippen molar-refractivity contribution in [2.75, 3.05) is 6.54 Å². The summed E-state index contributed by atoms with van der Waals surface area (Å²) in [5.74, 6) is 0.175. The molecule has 2 aromatic rings. The van der Waals surface area contributed by atoms with Gasteiger partial charge in [0.15, 0.2) is 0 Å². The topological polar surface area (TPSA) is 88.6 Å². The Morgan fingerprint density at radius 1 is 1.41 bits per heavy atom. The Morgan fingerprint density at radius 3 is 2.93 bits per heavy atom. The standard InChI is InChI=1S/C18H23N3O4S2/c1-13(2)25-18-14(6-3-9-19-18)12-20-17(22)15-7-4-10-21(15)27(23,24)16-8-5-11-26-16/h3,5-6,8-9,11,13,15H,4,7,10,12H2,1-2H3,(H,20,22). The van der Waals surface area contributed by atoms with E-state index in [0.29, 0.717) is 25.3 Å². The van der Waals surface area contributed by atoms with Gasteiger partial charge in [0.2, 0.25) is 11.8 Å². The maximum Gasteiger partial charge on any atom is 0.253 e. The predicted molar refractivity (Wildman–Crippen MR) is 103 cm³/mol. The Kier molecular flexibility index (Phi) is 6.13. The van der Waals surface area contributed by atoms with Gasteiger partial charge in [-0.15, -0.1) is 11.3 Å². The first-order valence-corrected chi connectivity index (χ1v) is 11.1. The van der Waals surface area contributed by atoms with Crippen molar-refractivity contribution in [1.29, 1.82) is 0 Å². The second-order valence-corrected chi connectivity index (χ2v) is 9.62. The molecular weight excluding hydrogens is 386 g/mol. The summed E-state index contributed by atoms with van der Waals surface area (Å²) in [4.78, 5) is 16.9. The average Bonchev–Trinajstić information content (AvgIpc) is 3.32. The first-order valence-electron chi connectivity index (χ1n) is 8.83. The van der Waals surface area contributed by atoms with Crippen molar-refractivity contribution in [2.45, 2.75) is 49.6 Å². The molecule has 0 saturated carbocycles. The molecule has 1 unspecified atom stereocenters. The molecule has 146 valence electrons. The number of rotatable bonds is 7. The summed E-state index contributed by atoms with van der Waals surface area (Å²) in [5, 5.41) is 4.56. The first kappa shape index (κ1) is 19.8. The minimum atomic E-state index is -3.64. The van der Waals surface area contributed by atoms with Gasteiger partial charge in [-0.2, -0.15) is 4.31 Å². The predicted octanol–water partition coefficient (Wildman–Crippen LogP) is 2.40. The van der Waals surface area contributed by atoms with E-state index in [1.54, 1.807) is 29.8 Å². The lowest BCUT2D eigenvalue weighted by molar-refractivity contribution is -0.124. The van der Waals surface area contributed by atoms with E-state index in [1.165, 1.54) is 4.31 Å². The zero-order valence-electron chi connectivity index (χ0n) is 15.3. The molecule has 27 heavy (non-hydrogen) atoms. The van der Waals surface area contributed by atoms with Gasteiger partial charge < -0.3 is 10.1 Å². The number of carbonyl (C=O) groups is 1. The maximum absolute atomic E-state index is 12.8. The lowest BCUT2D eigenvalue weighted by Gasteiger charge is -2.23. The molecule has 1 atom stereocenters. The van der Waals surface area contributed by atoms with Crippen molar-refractivity contribution >= 4 is 27.3 Å². The number of hydrogen-bond acceptors (Lipinski definition) is 6. The fraction of sp³-hybridized carbons (Fsp3) is 0.444. The summed E-state index contributed by atoms with van der Waals surface area (Å²) in [7, 11) is -3.64. The molecule has 9 heteroatoms. The molecule has 3 heterocycles. The van der Waals surface area contributed by atoms with Crippen LogP contribution in [0.25, 0.3) is 0 Å². The number of amides is 1. The molecule has 1 N–H and O–H groups in total. The summed E-state index contributed by atoms with van der Waals surface area (Å²) < 4.78 is 32.8. The molecule has 3 rings (SSSR count). The van der Waals surface area contributed by atoms with Crippen LogP contribution in [0, 0.1) is 0 Å². The molecule has 1 saturated heterocycles. The summed E-state index contributed by atoms with van der Waals surface area (Å²) in [6.07, 6.45) is 2.78. The molecule has 1 fully saturated rings. The molecule has 0 radical (unpaired) electrons. The number of nitrogens with one attached hydrogen (secondary N) is 1. The fourth-order valence-electron chi connectivity index (χ4n) is 3.00. The third-order valence-electron chi connectivity index (χ3n) is 4.21. The molecule has 0 bridgehead atoms. The number of ether oxygens (including phenoxy) is 1. The number of nitrogens with zero attached hydrogens (tertiary/aromatic N) is 2. The summed E-state index contributed by atoms with van der Waals surface area (Å²) in [5.41, 5.74) is 0.755. The van der Waals surface area contributed by atoms with Crippen molar-refractivity contribution in [3.05, 3.63) is 41.4 Å². The molecule has 1 aliphatic heterocycles. The van der Waals surface area contributed by atoms with Crippen molar-refractivity contribution in [3.63, 3.8) is 0 Å². The molecule has 2 aromatic heterocycles. The summed E-state index contributed by atoms with van der Waals surface area (Å²) in [6, 6.07) is 6.18. The van der Waals surface area contributed by atoms with E-state index in [1.807, 2.05) is 19.9 Å². The van der Waals surface area contributed by atoms with Gasteiger partial charge in [0, 0.05) is 24.8 Å². The van der Waals surface area contributed by atoms with Crippen LogP contribution in [0.4, 0.5) is 0 Å². The van der Waals surface area contributed by atoms with Gasteiger partial charge in [0.1, 0.15) is 10.3 Å². The highest BCUT2D eigenvalue weighted by atomic mass is 32.2. The van der Waals surface area contributed by atoms with E-state index >= 15 is 0 Å². The largest absolute Gasteiger partial charge is 0.475 e. The molecule has 0 aromatic carbocycles. The maximum atomic E-state index is 12.8. The van der Waals surface area contributed by atoms with Gasteiger partial charge in [0.25, 0.3) is 10.0 Å². The zero-order chi connectivity index (χ0) is 19.4. The van der Waals surface area contributed by atoms with Gasteiger partial charge in [-0.3, -0.25) is 4.79 Å². The molecule has 1 aliphatic rings. The van der Waals surface area contributed by atoms with E-state index in [9.17, 15) is 13.2 Å². The Balaban J connectivity index is 1.70. The number of aromatic nitrogens is 1. The Hall–Kier alpha value is -1.97. The fourth-order valence-corrected chi connectivity index (χ4v) is 5.78. The zero-order valence-corrected chi connectivity index (χ0v) is 16.9. The number of hydrogen-bond donors (Lipinski definition) is 1. The van der Waals surface area contributed by atoms with Crippen LogP contribution >= 0.6 is 11.3 Å². The summed E-state index contributed by atoms with van der Waals surface area (Å²) in [6.45, 7) is 4.40. The Labute approximate surface area is 163 Å². The Bertz CT molecular complexity index is 882. The van der Waals surface area contributed by atoms with Crippen LogP contribution < -0.4 is 10.1 Å². The highest BCUT2D eigenvalue weighted by Crippen LogP contribution is 2.28. The molecule has 7 nitrogen and oxygen atoms in total. The van der Waals surface area contributed by atoms with Gasteiger partial charge in [-0.05, 0) is 44.2 Å². The van der Waals surface area contributed by atoms with Crippen LogP contribution in [0.1, 0.15) is 32.3 Å². The SMILES string of the molecule is CC(C)Oc1ncccc1CNC(=O)C1CCCN1S(=O)(=O)c1cccs1. The quantitative estimate of drug-likeness (QED) is 0.759. The lowest BCUT2D eigenvalue weighted by atomic mass is 10.2. The van der Waals surface area contributed by atoms with Gasteiger partial charge >= 0.3 is 0 Å². The Morgan fingerprint density at radius 2 is 2.22 bits per heavy atom. The van der Waals surface area contributed by atoms with Crippen molar-refractivity contribution in [2.24, 2.45) is 0 Å². The highest BCUT2D eigenvalue weighted by molar-refractivity contribution is 7.91. The van der Waals surface area contributed by atoms with Crippen LogP contribution in [-0.2, 0) is 21.4 Å². The van der Waals surface area contributed by atoms with Crippen molar-refractivity contribution in [1.82, 2.24) is 14.6 Å². The number of carbonyl (C=O) groups excluding carboxylic acids is 1. The van der Waals surface area contributed by atoms with Crippen LogP contribution in [-0.4, -0.2) is 42.3 Å². The monoisotopic (exact) mass is 409 g/mol. The second kappa shape index (κ2) is 8.37. The van der Waals surface area contributed by atoms with Gasteiger partial charge in [-0.1, -0.05) is 12.1 Å². The van der Waals surface area contributed by atoms with Crippen LogP contribution in [0.2, 0.25) is 0 Å². The second-order valence-electron chi connectivity index (χ2n) is 6.56. The van der Waals surface area contributed by atoms with Gasteiger partial charge in [0.05, 0.1) is 6.10 Å². The third kappa shape index (κ3) is 4.48. The first-order chi connectivity index (χ1) is 12.9. The van der Waals surface area contributed by atoms with Crippen LogP contribution in [0.5, 0.6) is 5.88 Å². The third-order valence-corrected chi connectivity index (χ3v) is 7.50. The highest BCUT2D eigenvalue weighted by Gasteiger charge is 2.39. The van der Waals surface area contributed by atoms with E-state index < -0.39 is 16.1 Å². The average molecular weight is 410 g/mol. The number of thiophene rings is 1. The molecule has 0 spiro atoms. The smallest absolute Gasteiger partial charge is 0.253 e. The van der Waals surface area contributed by atoms with E-state index in [4.69, 9.17) is 4.74 Å². The molecular formula is C18H23N3O4S2. The number of pyridine rings is 1. The molecule has 0 aliphatic carbocycles. The van der Waals surface area contributed by atoms with E-state index in [2.05, 4.69) is 10.3 Å². The van der Waals surface area contributed by atoms with Crippen LogP contribution in [0.3, 0.4) is 0 Å². The van der Waals surface area contributed by atoms with E-state index in [0.717, 1.165) is 16.9 Å². The minimum Gasteiger partial charge on any atom is -0.475 e. The van der Waals surface area contributed by atoms with E-state index in [-0.39, 0.29) is 22.8 Å². The van der Waals surface area contributed by atoms with Crippen molar-refractivity contribution in [3.8, 4) is 5.88 Å². The van der Waals surface area contributed by atoms with Crippen molar-refractivity contribution < 1.29 is 17.9 Å².